The van der Waals surface area contributed by atoms with Gasteiger partial charge in [0.1, 0.15) is 5.82 Å². The molecular formula is C15H14BrFN2O. The second-order valence-electron chi connectivity index (χ2n) is 4.33. The molecule has 3 nitrogen and oxygen atoms in total. The van der Waals surface area contributed by atoms with E-state index in [2.05, 4.69) is 21.2 Å². The van der Waals surface area contributed by atoms with E-state index in [1.165, 1.54) is 6.07 Å². The van der Waals surface area contributed by atoms with Crippen LogP contribution >= 0.6 is 15.9 Å². The minimum atomic E-state index is -0.264. The molecule has 0 aliphatic heterocycles. The van der Waals surface area contributed by atoms with E-state index >= 15 is 0 Å². The smallest absolute Gasteiger partial charge is 0.253 e. The monoisotopic (exact) mass is 336 g/mol. The average Bonchev–Trinajstić information content (AvgIpc) is 2.43. The maximum Gasteiger partial charge on any atom is 0.253 e. The van der Waals surface area contributed by atoms with Crippen LogP contribution in [-0.2, 0) is 6.42 Å². The number of carbonyl (C=O) groups is 1. The summed E-state index contributed by atoms with van der Waals surface area (Å²) in [5.41, 5.74) is 7.16. The van der Waals surface area contributed by atoms with Crippen molar-refractivity contribution in [2.45, 2.75) is 6.42 Å². The zero-order chi connectivity index (χ0) is 14.5. The third-order valence-electron chi connectivity index (χ3n) is 2.90. The summed E-state index contributed by atoms with van der Waals surface area (Å²) in [7, 11) is 0. The number of rotatable bonds is 4. The van der Waals surface area contributed by atoms with Crippen LogP contribution < -0.4 is 11.1 Å². The molecule has 0 saturated heterocycles. The van der Waals surface area contributed by atoms with Crippen LogP contribution in [0.1, 0.15) is 15.9 Å². The van der Waals surface area contributed by atoms with Gasteiger partial charge >= 0.3 is 0 Å². The Kier molecular flexibility index (Phi) is 4.74. The van der Waals surface area contributed by atoms with Crippen LogP contribution in [0.4, 0.5) is 10.1 Å². The van der Waals surface area contributed by atoms with Crippen molar-refractivity contribution < 1.29 is 9.18 Å². The first kappa shape index (κ1) is 14.5. The van der Waals surface area contributed by atoms with Crippen LogP contribution in [0.5, 0.6) is 0 Å². The van der Waals surface area contributed by atoms with Crippen LogP contribution in [-0.4, -0.2) is 12.5 Å². The van der Waals surface area contributed by atoms with E-state index < -0.39 is 0 Å². The van der Waals surface area contributed by atoms with Gasteiger partial charge in [0, 0.05) is 16.7 Å². The van der Waals surface area contributed by atoms with Gasteiger partial charge in [0.2, 0.25) is 0 Å². The van der Waals surface area contributed by atoms with Gasteiger partial charge in [0.15, 0.2) is 0 Å². The van der Waals surface area contributed by atoms with Crippen LogP contribution in [0.25, 0.3) is 0 Å². The van der Waals surface area contributed by atoms with E-state index in [0.29, 0.717) is 29.8 Å². The molecule has 0 atom stereocenters. The summed E-state index contributed by atoms with van der Waals surface area (Å²) >= 11 is 3.29. The summed E-state index contributed by atoms with van der Waals surface area (Å²) in [5.74, 6) is -0.524. The Balaban J connectivity index is 1.96. The molecule has 0 radical (unpaired) electrons. The number of halogens is 2. The van der Waals surface area contributed by atoms with Crippen molar-refractivity contribution in [2.24, 2.45) is 0 Å². The van der Waals surface area contributed by atoms with E-state index in [4.69, 9.17) is 5.73 Å². The minimum absolute atomic E-state index is 0.260. The molecule has 0 aliphatic rings. The Morgan fingerprint density at radius 3 is 2.75 bits per heavy atom. The zero-order valence-corrected chi connectivity index (χ0v) is 12.3. The Labute approximate surface area is 125 Å². The predicted molar refractivity (Wildman–Crippen MR) is 81.0 cm³/mol. The van der Waals surface area contributed by atoms with Gasteiger partial charge in [-0.1, -0.05) is 34.1 Å². The highest BCUT2D eigenvalue weighted by atomic mass is 79.9. The van der Waals surface area contributed by atoms with Crippen LogP contribution in [0, 0.1) is 5.82 Å². The van der Waals surface area contributed by atoms with Gasteiger partial charge in [-0.3, -0.25) is 4.79 Å². The van der Waals surface area contributed by atoms with Crippen molar-refractivity contribution in [1.29, 1.82) is 0 Å². The number of nitrogens with one attached hydrogen (secondary N) is 1. The molecule has 1 amide bonds. The standard InChI is InChI=1S/C15H14BrFN2O/c16-11-5-6-14(18)12(9-11)15(20)19-8-7-10-3-1-2-4-13(10)17/h1-6,9H,7-8,18H2,(H,19,20). The lowest BCUT2D eigenvalue weighted by Crippen LogP contribution is -2.26. The van der Waals surface area contributed by atoms with Crippen molar-refractivity contribution in [3.8, 4) is 0 Å². The lowest BCUT2D eigenvalue weighted by atomic mass is 10.1. The van der Waals surface area contributed by atoms with E-state index in [-0.39, 0.29) is 11.7 Å². The molecule has 0 heterocycles. The maximum absolute atomic E-state index is 13.4. The molecule has 0 unspecified atom stereocenters. The number of nitrogens with two attached hydrogens (primary N) is 1. The highest BCUT2D eigenvalue weighted by molar-refractivity contribution is 9.10. The van der Waals surface area contributed by atoms with Crippen molar-refractivity contribution in [3.05, 3.63) is 63.9 Å². The van der Waals surface area contributed by atoms with Crippen molar-refractivity contribution >= 4 is 27.5 Å². The number of carbonyl (C=O) groups excluding carboxylic acids is 1. The fourth-order valence-electron chi connectivity index (χ4n) is 1.83. The highest BCUT2D eigenvalue weighted by Crippen LogP contribution is 2.18. The highest BCUT2D eigenvalue weighted by Gasteiger charge is 2.10. The molecule has 3 N–H and O–H groups in total. The van der Waals surface area contributed by atoms with Crippen molar-refractivity contribution in [1.82, 2.24) is 5.32 Å². The zero-order valence-electron chi connectivity index (χ0n) is 10.7. The topological polar surface area (TPSA) is 55.1 Å². The number of benzene rings is 2. The SMILES string of the molecule is Nc1ccc(Br)cc1C(=O)NCCc1ccccc1F. The molecule has 0 aliphatic carbocycles. The van der Waals surface area contributed by atoms with E-state index in [0.717, 1.165) is 4.47 Å². The lowest BCUT2D eigenvalue weighted by Gasteiger charge is -2.08. The summed E-state index contributed by atoms with van der Waals surface area (Å²) in [6, 6.07) is 11.6. The van der Waals surface area contributed by atoms with E-state index in [9.17, 15) is 9.18 Å². The van der Waals surface area contributed by atoms with Gasteiger partial charge < -0.3 is 11.1 Å². The van der Waals surface area contributed by atoms with Gasteiger partial charge in [0.05, 0.1) is 5.56 Å². The molecule has 20 heavy (non-hydrogen) atoms. The second-order valence-corrected chi connectivity index (χ2v) is 5.24. The average molecular weight is 337 g/mol. The summed E-state index contributed by atoms with van der Waals surface area (Å²) in [5, 5.41) is 2.74. The molecule has 0 saturated carbocycles. The van der Waals surface area contributed by atoms with Crippen molar-refractivity contribution in [3.63, 3.8) is 0 Å². The first-order valence-corrected chi connectivity index (χ1v) is 6.94. The molecule has 2 aromatic rings. The normalized spacial score (nSPS) is 10.3. The van der Waals surface area contributed by atoms with Gasteiger partial charge in [-0.2, -0.15) is 0 Å². The molecule has 0 fully saturated rings. The fraction of sp³-hybridized carbons (Fsp3) is 0.133. The largest absolute Gasteiger partial charge is 0.398 e. The number of amides is 1. The Hall–Kier alpha value is -1.88. The molecule has 2 rings (SSSR count). The third-order valence-corrected chi connectivity index (χ3v) is 3.39. The Morgan fingerprint density at radius 2 is 2.00 bits per heavy atom. The fourth-order valence-corrected chi connectivity index (χ4v) is 2.19. The molecular weight excluding hydrogens is 323 g/mol. The second kappa shape index (κ2) is 6.52. The van der Waals surface area contributed by atoms with Crippen LogP contribution in [0.3, 0.4) is 0 Å². The van der Waals surface area contributed by atoms with Gasteiger partial charge in [-0.25, -0.2) is 4.39 Å². The summed E-state index contributed by atoms with van der Waals surface area (Å²) in [4.78, 5) is 12.0. The van der Waals surface area contributed by atoms with E-state index in [1.807, 2.05) is 0 Å². The number of hydrogen-bond donors (Lipinski definition) is 2. The van der Waals surface area contributed by atoms with E-state index in [1.54, 1.807) is 36.4 Å². The molecule has 0 bridgehead atoms. The third kappa shape index (κ3) is 3.57. The Morgan fingerprint density at radius 1 is 1.25 bits per heavy atom. The number of nitrogen functional groups attached to an aromatic ring is 1. The summed E-state index contributed by atoms with van der Waals surface area (Å²) < 4.78 is 14.2. The predicted octanol–water partition coefficient (Wildman–Crippen LogP) is 3.14. The Bertz CT molecular complexity index is 631. The number of anilines is 1. The molecule has 2 aromatic carbocycles. The first-order chi connectivity index (χ1) is 9.58. The van der Waals surface area contributed by atoms with Gasteiger partial charge in [-0.15, -0.1) is 0 Å². The molecule has 0 spiro atoms. The van der Waals surface area contributed by atoms with Gasteiger partial charge in [-0.05, 0) is 36.2 Å². The van der Waals surface area contributed by atoms with Crippen LogP contribution in [0.2, 0.25) is 0 Å². The van der Waals surface area contributed by atoms with Crippen LogP contribution in [0.15, 0.2) is 46.9 Å². The summed E-state index contributed by atoms with van der Waals surface area (Å²) in [6.07, 6.45) is 0.437. The quantitative estimate of drug-likeness (QED) is 0.842. The first-order valence-electron chi connectivity index (χ1n) is 6.14. The lowest BCUT2D eigenvalue weighted by molar-refractivity contribution is 0.0955. The molecule has 104 valence electrons. The molecule has 5 heteroatoms. The van der Waals surface area contributed by atoms with Gasteiger partial charge in [0.25, 0.3) is 5.91 Å². The summed E-state index contributed by atoms with van der Waals surface area (Å²) in [6.45, 7) is 0.353. The molecule has 0 aromatic heterocycles. The van der Waals surface area contributed by atoms with Crippen molar-refractivity contribution in [2.75, 3.05) is 12.3 Å². The minimum Gasteiger partial charge on any atom is -0.398 e. The number of hydrogen-bond acceptors (Lipinski definition) is 2. The maximum atomic E-state index is 13.4.